The molecule has 7 rings (SSSR count). The molecule has 2 aromatic heterocycles. The molecule has 2 fully saturated rings. The lowest BCUT2D eigenvalue weighted by atomic mass is 9.81. The van der Waals surface area contributed by atoms with Crippen LogP contribution in [0.1, 0.15) is 47.8 Å². The number of likely N-dealkylation sites (tertiary alicyclic amines) is 1. The molecule has 0 spiro atoms. The van der Waals surface area contributed by atoms with Crippen molar-refractivity contribution in [2.45, 2.75) is 44.1 Å². The highest BCUT2D eigenvalue weighted by molar-refractivity contribution is 5.98. The number of alkyl halides is 2. The molecule has 0 N–H and O–H groups in total. The van der Waals surface area contributed by atoms with E-state index in [4.69, 9.17) is 4.98 Å². The number of amides is 1. The normalized spacial score (nSPS) is 17.9. The van der Waals surface area contributed by atoms with Gasteiger partial charge >= 0.3 is 0 Å². The van der Waals surface area contributed by atoms with E-state index in [0.717, 1.165) is 40.6 Å². The second-order valence-electron chi connectivity index (χ2n) is 11.1. The minimum absolute atomic E-state index is 0.0379. The molecule has 40 heavy (non-hydrogen) atoms. The van der Waals surface area contributed by atoms with Gasteiger partial charge in [-0.1, -0.05) is 18.2 Å². The van der Waals surface area contributed by atoms with E-state index < -0.39 is 5.92 Å². The van der Waals surface area contributed by atoms with E-state index in [1.54, 1.807) is 29.1 Å². The van der Waals surface area contributed by atoms with Gasteiger partial charge in [0.2, 0.25) is 5.92 Å². The number of rotatable bonds is 5. The van der Waals surface area contributed by atoms with Gasteiger partial charge in [0.25, 0.3) is 5.91 Å². The number of hydrogen-bond donors (Lipinski definition) is 0. The van der Waals surface area contributed by atoms with E-state index in [2.05, 4.69) is 9.67 Å². The molecule has 0 unspecified atom stereocenters. The average Bonchev–Trinajstić information content (AvgIpc) is 3.53. The first-order valence-electron chi connectivity index (χ1n) is 13.7. The standard InChI is InChI=1S/C31H28F3N5O/c32-24-4-3-5-25(15-24)39-27-9-8-22(14-23(27)18-35-39)30(40)37-12-10-21(11-13-37)29-36-26-6-1-2-7-28(26)38(29)19-20-16-31(33,34)17-20/h1-9,14-15,18,20-21H,10-13,16-17,19H2. The van der Waals surface area contributed by atoms with Crippen molar-refractivity contribution in [2.75, 3.05) is 13.1 Å². The summed E-state index contributed by atoms with van der Waals surface area (Å²) in [5, 5.41) is 5.21. The van der Waals surface area contributed by atoms with Gasteiger partial charge < -0.3 is 9.47 Å². The highest BCUT2D eigenvalue weighted by Gasteiger charge is 2.45. The second-order valence-corrected chi connectivity index (χ2v) is 11.1. The molecule has 1 saturated carbocycles. The van der Waals surface area contributed by atoms with Gasteiger partial charge in [-0.25, -0.2) is 22.8 Å². The number of nitrogens with zero attached hydrogens (tertiary/aromatic N) is 5. The summed E-state index contributed by atoms with van der Waals surface area (Å²) >= 11 is 0. The van der Waals surface area contributed by atoms with Crippen molar-refractivity contribution >= 4 is 27.8 Å². The number of hydrogen-bond acceptors (Lipinski definition) is 3. The van der Waals surface area contributed by atoms with Crippen molar-refractivity contribution in [1.82, 2.24) is 24.2 Å². The molecule has 3 aromatic carbocycles. The number of piperidine rings is 1. The molecule has 2 aliphatic rings. The zero-order chi connectivity index (χ0) is 27.4. The lowest BCUT2D eigenvalue weighted by molar-refractivity contribution is -0.114. The van der Waals surface area contributed by atoms with Crippen molar-refractivity contribution in [2.24, 2.45) is 5.92 Å². The minimum Gasteiger partial charge on any atom is -0.339 e. The Morgan fingerprint density at radius 2 is 1.75 bits per heavy atom. The predicted octanol–water partition coefficient (Wildman–Crippen LogP) is 6.58. The smallest absolute Gasteiger partial charge is 0.253 e. The van der Waals surface area contributed by atoms with Crippen molar-refractivity contribution < 1.29 is 18.0 Å². The molecule has 1 saturated heterocycles. The molecule has 3 heterocycles. The molecular formula is C31H28F3N5O. The largest absolute Gasteiger partial charge is 0.339 e. The molecule has 1 amide bonds. The first-order valence-corrected chi connectivity index (χ1v) is 13.7. The fourth-order valence-electron chi connectivity index (χ4n) is 6.27. The third-order valence-corrected chi connectivity index (χ3v) is 8.31. The summed E-state index contributed by atoms with van der Waals surface area (Å²) in [6.45, 7) is 1.73. The van der Waals surface area contributed by atoms with Gasteiger partial charge in [0.1, 0.15) is 11.6 Å². The van der Waals surface area contributed by atoms with Crippen LogP contribution in [0.5, 0.6) is 0 Å². The first-order chi connectivity index (χ1) is 19.3. The predicted molar refractivity (Wildman–Crippen MR) is 146 cm³/mol. The van der Waals surface area contributed by atoms with E-state index in [1.165, 1.54) is 12.1 Å². The van der Waals surface area contributed by atoms with Crippen molar-refractivity contribution in [3.05, 3.63) is 90.1 Å². The summed E-state index contributed by atoms with van der Waals surface area (Å²) in [5.74, 6) is -1.87. The van der Waals surface area contributed by atoms with Crippen molar-refractivity contribution in [3.8, 4) is 5.69 Å². The van der Waals surface area contributed by atoms with Gasteiger partial charge in [-0.15, -0.1) is 0 Å². The van der Waals surface area contributed by atoms with Crippen LogP contribution >= 0.6 is 0 Å². The summed E-state index contributed by atoms with van der Waals surface area (Å²) in [5.41, 5.74) is 3.87. The zero-order valence-electron chi connectivity index (χ0n) is 21.8. The van der Waals surface area contributed by atoms with Crippen LogP contribution in [0.25, 0.3) is 27.6 Å². The summed E-state index contributed by atoms with van der Waals surface area (Å²) in [7, 11) is 0. The van der Waals surface area contributed by atoms with Crippen LogP contribution in [0, 0.1) is 11.7 Å². The van der Waals surface area contributed by atoms with E-state index in [-0.39, 0.29) is 36.4 Å². The van der Waals surface area contributed by atoms with Gasteiger partial charge in [0.15, 0.2) is 0 Å². The van der Waals surface area contributed by atoms with E-state index in [0.29, 0.717) is 30.9 Å². The van der Waals surface area contributed by atoms with Crippen molar-refractivity contribution in [1.29, 1.82) is 0 Å². The number of imidazole rings is 1. The second kappa shape index (κ2) is 9.50. The molecule has 1 aliphatic carbocycles. The van der Waals surface area contributed by atoms with Crippen LogP contribution in [-0.2, 0) is 6.54 Å². The molecule has 0 radical (unpaired) electrons. The quantitative estimate of drug-likeness (QED) is 0.252. The number of aromatic nitrogens is 4. The molecule has 5 aromatic rings. The van der Waals surface area contributed by atoms with Crippen LogP contribution in [0.2, 0.25) is 0 Å². The maximum Gasteiger partial charge on any atom is 0.253 e. The van der Waals surface area contributed by atoms with Crippen molar-refractivity contribution in [3.63, 3.8) is 0 Å². The number of carbonyl (C=O) groups excluding carboxylic acids is 1. The summed E-state index contributed by atoms with van der Waals surface area (Å²) in [6, 6.07) is 19.6. The lowest BCUT2D eigenvalue weighted by Gasteiger charge is -2.36. The third-order valence-electron chi connectivity index (χ3n) is 8.31. The number of fused-ring (bicyclic) bond motifs is 2. The van der Waals surface area contributed by atoms with Gasteiger partial charge in [0, 0.05) is 49.3 Å². The van der Waals surface area contributed by atoms with Crippen LogP contribution in [0.15, 0.2) is 72.9 Å². The van der Waals surface area contributed by atoms with Crippen LogP contribution < -0.4 is 0 Å². The molecule has 204 valence electrons. The Morgan fingerprint density at radius 3 is 2.52 bits per heavy atom. The fraction of sp³-hybridized carbons (Fsp3) is 0.323. The van der Waals surface area contributed by atoms with Crippen LogP contribution in [0.4, 0.5) is 13.2 Å². The molecule has 0 atom stereocenters. The Labute approximate surface area is 229 Å². The lowest BCUT2D eigenvalue weighted by Crippen LogP contribution is -2.39. The molecule has 6 nitrogen and oxygen atoms in total. The summed E-state index contributed by atoms with van der Waals surface area (Å²) in [6.07, 6.45) is 3.06. The maximum atomic E-state index is 13.7. The monoisotopic (exact) mass is 543 g/mol. The van der Waals surface area contributed by atoms with Gasteiger partial charge in [-0.2, -0.15) is 5.10 Å². The summed E-state index contributed by atoms with van der Waals surface area (Å²) in [4.78, 5) is 20.2. The van der Waals surface area contributed by atoms with Gasteiger partial charge in [-0.3, -0.25) is 4.79 Å². The Hall–Kier alpha value is -4.14. The first kappa shape index (κ1) is 24.9. The fourth-order valence-corrected chi connectivity index (χ4v) is 6.27. The topological polar surface area (TPSA) is 56.0 Å². The Bertz CT molecular complexity index is 1730. The zero-order valence-corrected chi connectivity index (χ0v) is 21.8. The van der Waals surface area contributed by atoms with E-state index in [9.17, 15) is 18.0 Å². The summed E-state index contributed by atoms with van der Waals surface area (Å²) < 4.78 is 44.6. The van der Waals surface area contributed by atoms with Crippen LogP contribution in [0.3, 0.4) is 0 Å². The number of carbonyl (C=O) groups is 1. The highest BCUT2D eigenvalue weighted by atomic mass is 19.3. The van der Waals surface area contributed by atoms with Crippen LogP contribution in [-0.4, -0.2) is 49.2 Å². The van der Waals surface area contributed by atoms with E-state index >= 15 is 0 Å². The Balaban J connectivity index is 1.07. The number of benzene rings is 3. The Kier molecular flexibility index (Phi) is 5.91. The number of para-hydroxylation sites is 2. The molecule has 0 bridgehead atoms. The SMILES string of the molecule is O=C(c1ccc2c(cnn2-c2cccc(F)c2)c1)N1CCC(c2nc3ccccc3n2CC2CC(F)(F)C2)CC1. The number of halogens is 3. The minimum atomic E-state index is -2.55. The molecular weight excluding hydrogens is 515 g/mol. The van der Waals surface area contributed by atoms with Gasteiger partial charge in [-0.05, 0) is 67.3 Å². The third kappa shape index (κ3) is 4.43. The van der Waals surface area contributed by atoms with Gasteiger partial charge in [0.05, 0.1) is 28.4 Å². The van der Waals surface area contributed by atoms with E-state index in [1.807, 2.05) is 41.3 Å². The highest BCUT2D eigenvalue weighted by Crippen LogP contribution is 2.44. The maximum absolute atomic E-state index is 13.7. The molecule has 1 aliphatic heterocycles. The molecule has 9 heteroatoms. The Morgan fingerprint density at radius 1 is 0.950 bits per heavy atom. The average molecular weight is 544 g/mol.